The van der Waals surface area contributed by atoms with Crippen LogP contribution in [0.3, 0.4) is 0 Å². The number of nitrogens with one attached hydrogen (secondary N) is 1. The van der Waals surface area contributed by atoms with Crippen molar-refractivity contribution < 1.29 is 14.1 Å². The second kappa shape index (κ2) is 6.81. The monoisotopic (exact) mass is 282 g/mol. The molecule has 0 unspecified atom stereocenters. The Labute approximate surface area is 118 Å². The fraction of sp³-hybridized carbons (Fsp3) is 0.769. The van der Waals surface area contributed by atoms with Crippen LogP contribution >= 0.6 is 0 Å². The van der Waals surface area contributed by atoms with Gasteiger partial charge >= 0.3 is 0 Å². The highest BCUT2D eigenvalue weighted by Crippen LogP contribution is 2.38. The van der Waals surface area contributed by atoms with Crippen LogP contribution in [0.25, 0.3) is 0 Å². The molecule has 20 heavy (non-hydrogen) atoms. The number of hydrogen-bond donors (Lipinski definition) is 2. The molecule has 0 saturated heterocycles. The molecule has 0 aromatic carbocycles. The van der Waals surface area contributed by atoms with Gasteiger partial charge in [-0.15, -0.1) is 0 Å². The lowest BCUT2D eigenvalue weighted by Gasteiger charge is -2.33. The Morgan fingerprint density at radius 2 is 2.20 bits per heavy atom. The lowest BCUT2D eigenvalue weighted by atomic mass is 9.84. The molecule has 3 N–H and O–H groups in total. The number of amides is 1. The maximum Gasteiger partial charge on any atom is 0.240 e. The third kappa shape index (κ3) is 3.55. The van der Waals surface area contributed by atoms with Crippen LogP contribution in [-0.4, -0.2) is 29.2 Å². The molecule has 1 aromatic rings. The van der Waals surface area contributed by atoms with Gasteiger partial charge in [-0.1, -0.05) is 24.4 Å². The van der Waals surface area contributed by atoms with Crippen LogP contribution in [0.4, 0.5) is 0 Å². The quantitative estimate of drug-likeness (QED) is 0.768. The van der Waals surface area contributed by atoms with Gasteiger partial charge in [0.25, 0.3) is 0 Å². The van der Waals surface area contributed by atoms with E-state index in [9.17, 15) is 4.79 Å². The van der Waals surface area contributed by atoms with Gasteiger partial charge in [-0.25, -0.2) is 0 Å². The molecule has 2 rings (SSSR count). The summed E-state index contributed by atoms with van der Waals surface area (Å²) in [4.78, 5) is 15.1. The first kappa shape index (κ1) is 14.9. The normalized spacial score (nSPS) is 18.1. The van der Waals surface area contributed by atoms with Crippen LogP contribution in [0.1, 0.15) is 50.7 Å². The lowest BCUT2D eigenvalue weighted by molar-refractivity contribution is -0.117. The van der Waals surface area contributed by atoms with E-state index >= 15 is 0 Å². The zero-order valence-electron chi connectivity index (χ0n) is 11.9. The fourth-order valence-electron chi connectivity index (χ4n) is 2.64. The first-order chi connectivity index (χ1) is 9.66. The van der Waals surface area contributed by atoms with Gasteiger partial charge in [0.1, 0.15) is 5.60 Å². The largest absolute Gasteiger partial charge is 0.369 e. The van der Waals surface area contributed by atoms with Crippen molar-refractivity contribution in [3.63, 3.8) is 0 Å². The number of hydrogen-bond acceptors (Lipinski definition) is 6. The van der Waals surface area contributed by atoms with Crippen molar-refractivity contribution >= 4 is 5.91 Å². The van der Waals surface area contributed by atoms with Gasteiger partial charge in [-0.2, -0.15) is 4.98 Å². The minimum absolute atomic E-state index is 0.0916. The third-order valence-electron chi connectivity index (χ3n) is 3.53. The standard InChI is InChI=1S/C13H22N4O3/c1-2-19-13(6-4-3-5-7-13)12-16-11(20-17-12)9-15-8-10(14)18/h15H,2-9H2,1H3,(H2,14,18). The van der Waals surface area contributed by atoms with E-state index in [4.69, 9.17) is 15.0 Å². The lowest BCUT2D eigenvalue weighted by Crippen LogP contribution is -2.33. The average Bonchev–Trinajstić information content (AvgIpc) is 2.89. The Morgan fingerprint density at radius 3 is 2.85 bits per heavy atom. The zero-order chi connectivity index (χ0) is 14.4. The maximum atomic E-state index is 10.7. The third-order valence-corrected chi connectivity index (χ3v) is 3.53. The second-order valence-corrected chi connectivity index (χ2v) is 5.07. The van der Waals surface area contributed by atoms with E-state index in [2.05, 4.69) is 15.5 Å². The molecule has 1 fully saturated rings. The van der Waals surface area contributed by atoms with Crippen molar-refractivity contribution in [1.82, 2.24) is 15.5 Å². The molecule has 7 nitrogen and oxygen atoms in total. The van der Waals surface area contributed by atoms with Gasteiger partial charge in [0.2, 0.25) is 17.6 Å². The molecule has 1 aromatic heterocycles. The topological polar surface area (TPSA) is 103 Å². The van der Waals surface area contributed by atoms with Crippen molar-refractivity contribution in [2.45, 2.75) is 51.2 Å². The Bertz CT molecular complexity index is 435. The predicted octanol–water partition coefficient (Wildman–Crippen LogP) is 0.840. The van der Waals surface area contributed by atoms with Gasteiger partial charge in [0.15, 0.2) is 0 Å². The highest BCUT2D eigenvalue weighted by molar-refractivity contribution is 5.75. The number of nitrogens with two attached hydrogens (primary N) is 1. The molecule has 0 bridgehead atoms. The fourth-order valence-corrected chi connectivity index (χ4v) is 2.64. The predicted molar refractivity (Wildman–Crippen MR) is 71.6 cm³/mol. The number of primary amides is 1. The van der Waals surface area contributed by atoms with Crippen molar-refractivity contribution in [2.75, 3.05) is 13.2 Å². The number of nitrogens with zero attached hydrogens (tertiary/aromatic N) is 2. The summed E-state index contributed by atoms with van der Waals surface area (Å²) in [6.07, 6.45) is 5.30. The molecule has 0 aliphatic heterocycles. The number of carbonyl (C=O) groups is 1. The van der Waals surface area contributed by atoms with E-state index in [-0.39, 0.29) is 6.54 Å². The Hall–Kier alpha value is -1.47. The second-order valence-electron chi connectivity index (χ2n) is 5.07. The minimum atomic E-state index is -0.414. The van der Waals surface area contributed by atoms with Gasteiger partial charge in [0, 0.05) is 6.61 Å². The maximum absolute atomic E-state index is 10.7. The molecule has 1 saturated carbocycles. The molecule has 1 amide bonds. The highest BCUT2D eigenvalue weighted by Gasteiger charge is 2.39. The summed E-state index contributed by atoms with van der Waals surface area (Å²) in [5.41, 5.74) is 4.65. The van der Waals surface area contributed by atoms with Crippen molar-refractivity contribution in [3.05, 3.63) is 11.7 Å². The van der Waals surface area contributed by atoms with Crippen LogP contribution in [0.5, 0.6) is 0 Å². The molecule has 112 valence electrons. The molecule has 1 aliphatic carbocycles. The van der Waals surface area contributed by atoms with Crippen molar-refractivity contribution in [2.24, 2.45) is 5.73 Å². The Kier molecular flexibility index (Phi) is 5.08. The summed E-state index contributed by atoms with van der Waals surface area (Å²) in [6, 6.07) is 0. The van der Waals surface area contributed by atoms with Crippen molar-refractivity contribution in [1.29, 1.82) is 0 Å². The van der Waals surface area contributed by atoms with E-state index in [1.54, 1.807) is 0 Å². The summed E-state index contributed by atoms with van der Waals surface area (Å²) in [6.45, 7) is 3.03. The number of aromatic nitrogens is 2. The minimum Gasteiger partial charge on any atom is -0.369 e. The van der Waals surface area contributed by atoms with E-state index in [1.807, 2.05) is 6.92 Å². The number of rotatable bonds is 7. The molecule has 0 spiro atoms. The van der Waals surface area contributed by atoms with E-state index in [1.165, 1.54) is 6.42 Å². The summed E-state index contributed by atoms with van der Waals surface area (Å²) in [7, 11) is 0. The Balaban J connectivity index is 2.02. The summed E-state index contributed by atoms with van der Waals surface area (Å²) in [5.74, 6) is 0.656. The van der Waals surface area contributed by atoms with Gasteiger partial charge in [-0.05, 0) is 19.8 Å². The number of carbonyl (C=O) groups excluding carboxylic acids is 1. The van der Waals surface area contributed by atoms with Crippen LogP contribution < -0.4 is 11.1 Å². The van der Waals surface area contributed by atoms with Crippen LogP contribution in [0.2, 0.25) is 0 Å². The van der Waals surface area contributed by atoms with E-state index in [0.29, 0.717) is 24.9 Å². The SMILES string of the molecule is CCOC1(c2noc(CNCC(N)=O)n2)CCCCC1. The molecular weight excluding hydrogens is 260 g/mol. The van der Waals surface area contributed by atoms with Crippen LogP contribution in [0.15, 0.2) is 4.52 Å². The molecule has 1 aliphatic rings. The van der Waals surface area contributed by atoms with Crippen molar-refractivity contribution in [3.8, 4) is 0 Å². The summed E-state index contributed by atoms with van der Waals surface area (Å²) >= 11 is 0. The average molecular weight is 282 g/mol. The molecular formula is C13H22N4O3. The van der Waals surface area contributed by atoms with Gasteiger partial charge in [0.05, 0.1) is 13.1 Å². The van der Waals surface area contributed by atoms with Gasteiger partial charge < -0.3 is 15.0 Å². The molecule has 7 heteroatoms. The summed E-state index contributed by atoms with van der Waals surface area (Å²) < 4.78 is 11.1. The molecule has 1 heterocycles. The molecule has 0 atom stereocenters. The van der Waals surface area contributed by atoms with Crippen LogP contribution in [-0.2, 0) is 21.7 Å². The van der Waals surface area contributed by atoms with Crippen LogP contribution in [0, 0.1) is 0 Å². The van der Waals surface area contributed by atoms with E-state index in [0.717, 1.165) is 25.7 Å². The summed E-state index contributed by atoms with van der Waals surface area (Å²) in [5, 5.41) is 6.91. The smallest absolute Gasteiger partial charge is 0.240 e. The Morgan fingerprint density at radius 1 is 1.45 bits per heavy atom. The first-order valence-electron chi connectivity index (χ1n) is 7.12. The molecule has 0 radical (unpaired) electrons. The number of ether oxygens (including phenoxy) is 1. The first-order valence-corrected chi connectivity index (χ1v) is 7.12. The van der Waals surface area contributed by atoms with Gasteiger partial charge in [-0.3, -0.25) is 10.1 Å². The van der Waals surface area contributed by atoms with E-state index < -0.39 is 11.5 Å². The zero-order valence-corrected chi connectivity index (χ0v) is 11.9. The highest BCUT2D eigenvalue weighted by atomic mass is 16.5.